The first-order valence-corrected chi connectivity index (χ1v) is 8.09. The quantitative estimate of drug-likeness (QED) is 0.788. The lowest BCUT2D eigenvalue weighted by Crippen LogP contribution is -2.28. The Morgan fingerprint density at radius 1 is 1.14 bits per heavy atom. The topological polar surface area (TPSA) is 24.4 Å². The van der Waals surface area contributed by atoms with E-state index in [0.717, 1.165) is 27.5 Å². The molecule has 1 N–H and O–H groups in total. The Hall–Kier alpha value is -1.71. The zero-order chi connectivity index (χ0) is 15.7. The Bertz CT molecular complexity index is 738. The van der Waals surface area contributed by atoms with Crippen molar-refractivity contribution in [2.45, 2.75) is 19.9 Å². The number of nitrogens with one attached hydrogen (secondary N) is 1. The summed E-state index contributed by atoms with van der Waals surface area (Å²) in [5, 5.41) is 4.03. The first-order chi connectivity index (χ1) is 10.6. The first kappa shape index (κ1) is 15.2. The summed E-state index contributed by atoms with van der Waals surface area (Å²) < 4.78 is 0. The molecule has 0 fully saturated rings. The predicted octanol–water partition coefficient (Wildman–Crippen LogP) is 4.95. The molecule has 0 aromatic heterocycles. The summed E-state index contributed by atoms with van der Waals surface area (Å²) in [7, 11) is 0. The Morgan fingerprint density at radius 2 is 1.86 bits per heavy atom. The summed E-state index contributed by atoms with van der Waals surface area (Å²) in [6.45, 7) is 4.27. The van der Waals surface area contributed by atoms with Gasteiger partial charge in [0.15, 0.2) is 0 Å². The normalized spacial score (nSPS) is 17.5. The molecule has 1 aliphatic rings. The molecular weight excluding hydrogens is 312 g/mol. The van der Waals surface area contributed by atoms with E-state index in [9.17, 15) is 0 Å². The van der Waals surface area contributed by atoms with Gasteiger partial charge in [0.2, 0.25) is 0 Å². The van der Waals surface area contributed by atoms with E-state index >= 15 is 0 Å². The largest absolute Gasteiger partial charge is 0.348 e. The molecule has 0 amide bonds. The molecule has 0 spiro atoms. The molecule has 0 radical (unpaired) electrons. The first-order valence-electron chi connectivity index (χ1n) is 7.30. The summed E-state index contributed by atoms with van der Waals surface area (Å²) >= 11 is 11.8. The van der Waals surface area contributed by atoms with Crippen LogP contribution in [0.2, 0.25) is 5.02 Å². The highest BCUT2D eigenvalue weighted by atomic mass is 35.5. The van der Waals surface area contributed by atoms with Gasteiger partial charge in [0.05, 0.1) is 5.71 Å². The molecule has 1 atom stereocenters. The molecule has 1 heterocycles. The Kier molecular flexibility index (Phi) is 4.27. The highest BCUT2D eigenvalue weighted by molar-refractivity contribution is 7.80. The lowest BCUT2D eigenvalue weighted by atomic mass is 10.00. The smallest absolute Gasteiger partial charge is 0.105 e. The van der Waals surface area contributed by atoms with Crippen molar-refractivity contribution < 1.29 is 0 Å². The zero-order valence-electron chi connectivity index (χ0n) is 12.5. The van der Waals surface area contributed by atoms with Gasteiger partial charge in [0.25, 0.3) is 0 Å². The standard InChI is InChI=1S/C18H17ClN2S/c1-11(2)16-18(22)20-15-9-8-13(19)10-14(15)17(21-16)12-6-4-3-5-7-12/h3-11,16H,1-2H3,(H,20,22)/t16-/m1/s1. The van der Waals surface area contributed by atoms with Crippen LogP contribution in [-0.4, -0.2) is 16.7 Å². The molecule has 0 saturated heterocycles. The van der Waals surface area contributed by atoms with Crippen LogP contribution in [0.4, 0.5) is 5.69 Å². The van der Waals surface area contributed by atoms with E-state index in [1.54, 1.807) is 0 Å². The number of hydrogen-bond acceptors (Lipinski definition) is 2. The van der Waals surface area contributed by atoms with Gasteiger partial charge < -0.3 is 5.32 Å². The van der Waals surface area contributed by atoms with Gasteiger partial charge in [-0.15, -0.1) is 0 Å². The number of rotatable bonds is 2. The second-order valence-corrected chi connectivity index (χ2v) is 6.59. The number of hydrogen-bond donors (Lipinski definition) is 1. The van der Waals surface area contributed by atoms with Crippen molar-refractivity contribution in [3.05, 3.63) is 64.7 Å². The van der Waals surface area contributed by atoms with Crippen LogP contribution in [0.5, 0.6) is 0 Å². The maximum absolute atomic E-state index is 6.20. The third-order valence-corrected chi connectivity index (χ3v) is 4.29. The average Bonchev–Trinajstić information content (AvgIpc) is 2.64. The Balaban J connectivity index is 2.23. The molecule has 22 heavy (non-hydrogen) atoms. The molecule has 0 saturated carbocycles. The average molecular weight is 329 g/mol. The van der Waals surface area contributed by atoms with E-state index in [4.69, 9.17) is 28.8 Å². The Labute approximate surface area is 141 Å². The third kappa shape index (κ3) is 2.92. The molecular formula is C18H17ClN2S. The van der Waals surface area contributed by atoms with Crippen LogP contribution in [0.15, 0.2) is 53.5 Å². The molecule has 2 nitrogen and oxygen atoms in total. The molecule has 0 aliphatic carbocycles. The van der Waals surface area contributed by atoms with Crippen LogP contribution in [0.3, 0.4) is 0 Å². The van der Waals surface area contributed by atoms with Gasteiger partial charge in [-0.05, 0) is 24.1 Å². The van der Waals surface area contributed by atoms with Gasteiger partial charge in [-0.1, -0.05) is 68.0 Å². The number of fused-ring (bicyclic) bond motifs is 1. The molecule has 0 unspecified atom stereocenters. The van der Waals surface area contributed by atoms with Crippen molar-refractivity contribution in [3.8, 4) is 0 Å². The second-order valence-electron chi connectivity index (χ2n) is 5.71. The molecule has 2 aromatic carbocycles. The van der Waals surface area contributed by atoms with E-state index in [2.05, 4.69) is 31.3 Å². The van der Waals surface area contributed by atoms with Crippen molar-refractivity contribution in [3.63, 3.8) is 0 Å². The third-order valence-electron chi connectivity index (χ3n) is 3.71. The lowest BCUT2D eigenvalue weighted by molar-refractivity contribution is 0.602. The number of benzene rings is 2. The van der Waals surface area contributed by atoms with Crippen molar-refractivity contribution in [1.29, 1.82) is 0 Å². The van der Waals surface area contributed by atoms with Gasteiger partial charge in [-0.2, -0.15) is 0 Å². The van der Waals surface area contributed by atoms with Crippen molar-refractivity contribution >= 4 is 40.2 Å². The fourth-order valence-electron chi connectivity index (χ4n) is 2.57. The molecule has 2 aromatic rings. The summed E-state index contributed by atoms with van der Waals surface area (Å²) in [5.41, 5.74) is 3.96. The maximum Gasteiger partial charge on any atom is 0.105 e. The summed E-state index contributed by atoms with van der Waals surface area (Å²) in [4.78, 5) is 5.72. The molecule has 3 rings (SSSR count). The Morgan fingerprint density at radius 3 is 2.55 bits per heavy atom. The number of nitrogens with zero attached hydrogens (tertiary/aromatic N) is 1. The minimum Gasteiger partial charge on any atom is -0.348 e. The lowest BCUT2D eigenvalue weighted by Gasteiger charge is -2.17. The van der Waals surface area contributed by atoms with E-state index in [1.807, 2.05) is 36.4 Å². The van der Waals surface area contributed by atoms with Gasteiger partial charge in [-0.25, -0.2) is 0 Å². The van der Waals surface area contributed by atoms with Crippen LogP contribution < -0.4 is 5.32 Å². The van der Waals surface area contributed by atoms with Crippen LogP contribution >= 0.6 is 23.8 Å². The monoisotopic (exact) mass is 328 g/mol. The van der Waals surface area contributed by atoms with Crippen molar-refractivity contribution in [2.24, 2.45) is 10.9 Å². The molecule has 1 aliphatic heterocycles. The summed E-state index contributed by atoms with van der Waals surface area (Å²) in [5.74, 6) is 0.323. The predicted molar refractivity (Wildman–Crippen MR) is 98.4 cm³/mol. The number of benzodiazepines with no additional fused rings is 1. The van der Waals surface area contributed by atoms with Gasteiger partial charge in [0.1, 0.15) is 11.0 Å². The van der Waals surface area contributed by atoms with Gasteiger partial charge in [0, 0.05) is 21.8 Å². The summed E-state index contributed by atoms with van der Waals surface area (Å²) in [6.07, 6.45) is 0. The van der Waals surface area contributed by atoms with E-state index in [1.165, 1.54) is 0 Å². The minimum absolute atomic E-state index is 0.0450. The van der Waals surface area contributed by atoms with Crippen LogP contribution in [0, 0.1) is 5.92 Å². The maximum atomic E-state index is 6.20. The molecule has 4 heteroatoms. The SMILES string of the molecule is CC(C)[C@H]1N=C(c2ccccc2)c2cc(Cl)ccc2NC1=S. The van der Waals surface area contributed by atoms with Gasteiger partial charge >= 0.3 is 0 Å². The second kappa shape index (κ2) is 6.19. The fraction of sp³-hybridized carbons (Fsp3) is 0.222. The zero-order valence-corrected chi connectivity index (χ0v) is 14.1. The van der Waals surface area contributed by atoms with E-state index in [0.29, 0.717) is 10.9 Å². The van der Waals surface area contributed by atoms with Crippen LogP contribution in [0.25, 0.3) is 0 Å². The highest BCUT2D eigenvalue weighted by Gasteiger charge is 2.25. The van der Waals surface area contributed by atoms with E-state index < -0.39 is 0 Å². The fourth-order valence-corrected chi connectivity index (χ4v) is 3.18. The molecule has 112 valence electrons. The van der Waals surface area contributed by atoms with Gasteiger partial charge in [-0.3, -0.25) is 4.99 Å². The van der Waals surface area contributed by atoms with Crippen molar-refractivity contribution in [2.75, 3.05) is 5.32 Å². The van der Waals surface area contributed by atoms with Crippen LogP contribution in [0.1, 0.15) is 25.0 Å². The number of aliphatic imine (C=N–C) groups is 1. The molecule has 0 bridgehead atoms. The van der Waals surface area contributed by atoms with Crippen LogP contribution in [-0.2, 0) is 0 Å². The van der Waals surface area contributed by atoms with E-state index in [-0.39, 0.29) is 6.04 Å². The number of anilines is 1. The highest BCUT2D eigenvalue weighted by Crippen LogP contribution is 2.29. The number of thiocarbonyl (C=S) groups is 1. The summed E-state index contributed by atoms with van der Waals surface area (Å²) in [6, 6.07) is 15.9. The minimum atomic E-state index is -0.0450. The van der Waals surface area contributed by atoms with Crippen molar-refractivity contribution in [1.82, 2.24) is 0 Å². The number of halogens is 1.